The van der Waals surface area contributed by atoms with Crippen molar-refractivity contribution in [2.75, 3.05) is 0 Å². The van der Waals surface area contributed by atoms with Gasteiger partial charge in [-0.05, 0) is 78.9 Å². The molecule has 11 aromatic rings. The van der Waals surface area contributed by atoms with E-state index in [1.807, 2.05) is 101 Å². The van der Waals surface area contributed by atoms with E-state index in [2.05, 4.69) is 147 Å². The molecule has 11 rings (SSSR count). The fraction of sp³-hybridized carbons (Fsp3) is 0.115. The molecule has 9 aromatic carbocycles. The Morgan fingerprint density at radius 1 is 0.297 bits per heavy atom. The number of aromatic hydroxyl groups is 1. The van der Waals surface area contributed by atoms with Crippen LogP contribution in [0.5, 0.6) is 5.75 Å². The van der Waals surface area contributed by atoms with Gasteiger partial charge < -0.3 is 13.9 Å². The minimum atomic E-state index is 0.320. The molecule has 0 saturated carbocycles. The van der Waals surface area contributed by atoms with Crippen LogP contribution in [0.1, 0.15) is 44.4 Å². The van der Waals surface area contributed by atoms with Crippen LogP contribution in [-0.4, -0.2) is 5.11 Å². The van der Waals surface area contributed by atoms with E-state index < -0.39 is 0 Å². The number of aryl methyl sites for hydroxylation is 3. The molecule has 0 aliphatic rings. The molecule has 0 saturated heterocycles. The van der Waals surface area contributed by atoms with Gasteiger partial charge in [-0.25, -0.2) is 0 Å². The monoisotopic (exact) mass is 836 g/mol. The maximum atomic E-state index is 10.0. The SMILES string of the molecule is CC.CC.Cc1ccc(O)c(-c2cccc(-c3ccccc3)c2)c1.Cc1cccc(-c2cccc3c2oc2ccccc23)c1.Cc1cccc(-c2cccc3c2oc2ccccc23)c1. The second-order valence-electron chi connectivity index (χ2n) is 15.3. The molecule has 0 atom stereocenters. The average Bonchev–Trinajstić information content (AvgIpc) is 3.93. The predicted octanol–water partition coefficient (Wildman–Crippen LogP) is 18.2. The molecule has 0 spiro atoms. The maximum Gasteiger partial charge on any atom is 0.143 e. The molecule has 64 heavy (non-hydrogen) atoms. The van der Waals surface area contributed by atoms with Gasteiger partial charge in [0.05, 0.1) is 0 Å². The number of phenolic OH excluding ortho intramolecular Hbond substituents is 1. The van der Waals surface area contributed by atoms with Crippen LogP contribution in [0.3, 0.4) is 0 Å². The van der Waals surface area contributed by atoms with Crippen molar-refractivity contribution < 1.29 is 13.9 Å². The highest BCUT2D eigenvalue weighted by Crippen LogP contribution is 2.38. The second-order valence-corrected chi connectivity index (χ2v) is 15.3. The van der Waals surface area contributed by atoms with Crippen molar-refractivity contribution in [3.8, 4) is 50.3 Å². The normalized spacial score (nSPS) is 10.5. The summed E-state index contributed by atoms with van der Waals surface area (Å²) in [5.41, 5.74) is 16.5. The summed E-state index contributed by atoms with van der Waals surface area (Å²) in [6.45, 7) is 14.3. The maximum absolute atomic E-state index is 10.0. The van der Waals surface area contributed by atoms with Gasteiger partial charge in [-0.3, -0.25) is 0 Å². The average molecular weight is 837 g/mol. The lowest BCUT2D eigenvalue weighted by Crippen LogP contribution is -1.83. The van der Waals surface area contributed by atoms with Crippen LogP contribution in [-0.2, 0) is 0 Å². The Bertz CT molecular complexity index is 3100. The van der Waals surface area contributed by atoms with Crippen LogP contribution in [0.25, 0.3) is 88.4 Å². The molecule has 0 aliphatic carbocycles. The number of rotatable bonds is 4. The van der Waals surface area contributed by atoms with Gasteiger partial charge in [-0.15, -0.1) is 0 Å². The molecule has 2 aromatic heterocycles. The first-order valence-electron chi connectivity index (χ1n) is 22.3. The van der Waals surface area contributed by atoms with Gasteiger partial charge in [0.25, 0.3) is 0 Å². The van der Waals surface area contributed by atoms with Crippen LogP contribution >= 0.6 is 0 Å². The number of phenols is 1. The number of hydrogen-bond donors (Lipinski definition) is 1. The Hall–Kier alpha value is -7.62. The summed E-state index contributed by atoms with van der Waals surface area (Å²) in [6, 6.07) is 70.4. The van der Waals surface area contributed by atoms with Crippen molar-refractivity contribution in [1.82, 2.24) is 0 Å². The molecule has 0 radical (unpaired) electrons. The summed E-state index contributed by atoms with van der Waals surface area (Å²) >= 11 is 0. The van der Waals surface area contributed by atoms with Gasteiger partial charge in [-0.2, -0.15) is 0 Å². The van der Waals surface area contributed by atoms with Crippen molar-refractivity contribution in [1.29, 1.82) is 0 Å². The van der Waals surface area contributed by atoms with Gasteiger partial charge >= 0.3 is 0 Å². The highest BCUT2D eigenvalue weighted by molar-refractivity contribution is 6.10. The molecule has 1 N–H and O–H groups in total. The van der Waals surface area contributed by atoms with Gasteiger partial charge in [-0.1, -0.05) is 220 Å². The van der Waals surface area contributed by atoms with Crippen molar-refractivity contribution in [2.24, 2.45) is 0 Å². The number of hydrogen-bond acceptors (Lipinski definition) is 3. The molecule has 0 unspecified atom stereocenters. The zero-order valence-electron chi connectivity index (χ0n) is 37.9. The summed E-state index contributed by atoms with van der Waals surface area (Å²) < 4.78 is 12.2. The largest absolute Gasteiger partial charge is 0.507 e. The molecule has 0 fully saturated rings. The second kappa shape index (κ2) is 21.0. The van der Waals surface area contributed by atoms with E-state index in [4.69, 9.17) is 8.83 Å². The molecule has 3 heteroatoms. The van der Waals surface area contributed by atoms with E-state index in [-0.39, 0.29) is 0 Å². The van der Waals surface area contributed by atoms with Crippen molar-refractivity contribution in [2.45, 2.75) is 48.5 Å². The van der Waals surface area contributed by atoms with Crippen LogP contribution in [0.2, 0.25) is 0 Å². The molecule has 318 valence electrons. The van der Waals surface area contributed by atoms with Gasteiger partial charge in [0.2, 0.25) is 0 Å². The van der Waals surface area contributed by atoms with Gasteiger partial charge in [0.1, 0.15) is 28.1 Å². The van der Waals surface area contributed by atoms with E-state index in [9.17, 15) is 5.11 Å². The number of furan rings is 2. The number of benzene rings is 9. The Balaban J connectivity index is 0.000000138. The Kier molecular flexibility index (Phi) is 14.6. The first-order valence-corrected chi connectivity index (χ1v) is 22.3. The first-order chi connectivity index (χ1) is 31.4. The highest BCUT2D eigenvalue weighted by Gasteiger charge is 2.13. The van der Waals surface area contributed by atoms with Crippen LogP contribution in [0.15, 0.2) is 215 Å². The van der Waals surface area contributed by atoms with Gasteiger partial charge in [0, 0.05) is 38.2 Å². The molecule has 2 heterocycles. The van der Waals surface area contributed by atoms with Crippen molar-refractivity contribution in [3.63, 3.8) is 0 Å². The van der Waals surface area contributed by atoms with E-state index >= 15 is 0 Å². The first kappa shape index (κ1) is 44.4. The van der Waals surface area contributed by atoms with Crippen LogP contribution in [0.4, 0.5) is 0 Å². The zero-order valence-corrected chi connectivity index (χ0v) is 37.9. The minimum Gasteiger partial charge on any atom is -0.507 e. The predicted molar refractivity (Wildman–Crippen MR) is 274 cm³/mol. The fourth-order valence-electron chi connectivity index (χ4n) is 7.95. The lowest BCUT2D eigenvalue weighted by atomic mass is 9.97. The van der Waals surface area contributed by atoms with E-state index in [1.165, 1.54) is 49.4 Å². The number of para-hydroxylation sites is 4. The summed E-state index contributed by atoms with van der Waals surface area (Å²) in [6.07, 6.45) is 0. The quantitative estimate of drug-likeness (QED) is 0.192. The molecule has 0 aliphatic heterocycles. The minimum absolute atomic E-state index is 0.320. The molecule has 0 bridgehead atoms. The van der Waals surface area contributed by atoms with E-state index in [0.29, 0.717) is 5.75 Å². The molecular weight excluding hydrogens is 781 g/mol. The molecular formula is C61H56O3. The van der Waals surface area contributed by atoms with E-state index in [0.717, 1.165) is 55.7 Å². The lowest BCUT2D eigenvalue weighted by molar-refractivity contribution is 0.477. The van der Waals surface area contributed by atoms with Crippen molar-refractivity contribution >= 4 is 43.9 Å². The van der Waals surface area contributed by atoms with E-state index in [1.54, 1.807) is 6.07 Å². The van der Waals surface area contributed by atoms with Gasteiger partial charge in [0.15, 0.2) is 0 Å². The number of fused-ring (bicyclic) bond motifs is 6. The Morgan fingerprint density at radius 2 is 0.688 bits per heavy atom. The topological polar surface area (TPSA) is 46.5 Å². The highest BCUT2D eigenvalue weighted by atomic mass is 16.3. The summed E-state index contributed by atoms with van der Waals surface area (Å²) in [7, 11) is 0. The third-order valence-electron chi connectivity index (χ3n) is 10.9. The lowest BCUT2D eigenvalue weighted by Gasteiger charge is -2.08. The van der Waals surface area contributed by atoms with Crippen LogP contribution in [0, 0.1) is 20.8 Å². The summed E-state index contributed by atoms with van der Waals surface area (Å²) in [4.78, 5) is 0. The summed E-state index contributed by atoms with van der Waals surface area (Å²) in [5.74, 6) is 0.320. The third kappa shape index (κ3) is 9.86. The third-order valence-corrected chi connectivity index (χ3v) is 10.9. The van der Waals surface area contributed by atoms with Crippen LogP contribution < -0.4 is 0 Å². The molecule has 0 amide bonds. The zero-order chi connectivity index (χ0) is 45.0. The standard InChI is InChI=1S/2C19H14O.C19H16O.2C2H6/c2*1-13-6-4-7-14(12-13)15-9-5-10-17-16-8-2-3-11-18(16)20-19(15)17;1-14-10-11-19(20)18(12-14)17-9-5-8-16(13-17)15-6-3-2-4-7-15;2*1-2/h2*2-12H,1H3;2-13,20H,1H3;2*1-2H3. The molecule has 3 nitrogen and oxygen atoms in total. The fourth-order valence-corrected chi connectivity index (χ4v) is 7.95. The summed E-state index contributed by atoms with van der Waals surface area (Å²) in [5, 5.41) is 14.8. The smallest absolute Gasteiger partial charge is 0.143 e. The Labute approximate surface area is 377 Å². The Morgan fingerprint density at radius 3 is 1.20 bits per heavy atom. The van der Waals surface area contributed by atoms with Crippen molar-refractivity contribution in [3.05, 3.63) is 223 Å².